The molecule has 0 atom stereocenters. The zero-order valence-corrected chi connectivity index (χ0v) is 15.9. The van der Waals surface area contributed by atoms with Gasteiger partial charge in [-0.2, -0.15) is 0 Å². The van der Waals surface area contributed by atoms with Crippen molar-refractivity contribution in [3.8, 4) is 0 Å². The second-order valence-electron chi connectivity index (χ2n) is 6.87. The first-order chi connectivity index (χ1) is 12.6. The highest BCUT2D eigenvalue weighted by Gasteiger charge is 2.26. The largest absolute Gasteiger partial charge is 0.359 e. The lowest BCUT2D eigenvalue weighted by Gasteiger charge is -2.28. The molecular weight excluding hydrogens is 326 g/mol. The van der Waals surface area contributed by atoms with Crippen molar-refractivity contribution in [3.63, 3.8) is 0 Å². The Morgan fingerprint density at radius 2 is 1.85 bits per heavy atom. The number of nitrogens with one attached hydrogen (secondary N) is 2. The minimum absolute atomic E-state index is 0.0152. The zero-order valence-electron chi connectivity index (χ0n) is 15.9. The molecule has 0 saturated heterocycles. The Hall–Kier alpha value is -2.30. The maximum atomic E-state index is 12.4. The van der Waals surface area contributed by atoms with E-state index in [9.17, 15) is 9.59 Å². The average molecular weight is 357 g/mol. The van der Waals surface area contributed by atoms with Crippen LogP contribution in [0.25, 0.3) is 6.08 Å². The first-order valence-corrected chi connectivity index (χ1v) is 9.60. The van der Waals surface area contributed by atoms with E-state index in [0.717, 1.165) is 31.2 Å². The summed E-state index contributed by atoms with van der Waals surface area (Å²) in [6.07, 6.45) is 7.88. The van der Waals surface area contributed by atoms with Gasteiger partial charge in [-0.15, -0.1) is 0 Å². The lowest BCUT2D eigenvalue weighted by atomic mass is 9.81. The van der Waals surface area contributed by atoms with Crippen molar-refractivity contribution in [1.82, 2.24) is 15.5 Å². The second kappa shape index (κ2) is 10.6. The van der Waals surface area contributed by atoms with E-state index in [4.69, 9.17) is 0 Å². The third-order valence-electron chi connectivity index (χ3n) is 5.11. The summed E-state index contributed by atoms with van der Waals surface area (Å²) in [5.41, 5.74) is 1.14. The van der Waals surface area contributed by atoms with Gasteiger partial charge in [-0.25, -0.2) is 4.79 Å². The van der Waals surface area contributed by atoms with Crippen molar-refractivity contribution in [2.24, 2.45) is 11.8 Å². The Morgan fingerprint density at radius 3 is 2.46 bits per heavy atom. The van der Waals surface area contributed by atoms with Crippen LogP contribution in [0.3, 0.4) is 0 Å². The number of rotatable bonds is 7. The topological polar surface area (TPSA) is 61.4 Å². The van der Waals surface area contributed by atoms with Crippen LogP contribution >= 0.6 is 0 Å². The number of nitrogens with zero attached hydrogens (tertiary/aromatic N) is 1. The van der Waals surface area contributed by atoms with Crippen molar-refractivity contribution in [2.45, 2.75) is 32.6 Å². The number of urea groups is 1. The minimum Gasteiger partial charge on any atom is -0.359 e. The fraction of sp³-hybridized carbons (Fsp3) is 0.524. The van der Waals surface area contributed by atoms with E-state index in [0.29, 0.717) is 25.6 Å². The van der Waals surface area contributed by atoms with Gasteiger partial charge in [0, 0.05) is 32.6 Å². The number of benzene rings is 1. The Kier molecular flexibility index (Phi) is 8.19. The van der Waals surface area contributed by atoms with Crippen LogP contribution in [-0.2, 0) is 4.79 Å². The van der Waals surface area contributed by atoms with E-state index in [1.54, 1.807) is 11.9 Å². The number of carbonyl (C=O) groups is 2. The third-order valence-corrected chi connectivity index (χ3v) is 5.11. The predicted molar refractivity (Wildman–Crippen MR) is 106 cm³/mol. The van der Waals surface area contributed by atoms with Crippen molar-refractivity contribution in [1.29, 1.82) is 0 Å². The summed E-state index contributed by atoms with van der Waals surface area (Å²) in [5.74, 6) is 0.760. The number of hydrogen-bond acceptors (Lipinski definition) is 2. The zero-order chi connectivity index (χ0) is 18.8. The summed E-state index contributed by atoms with van der Waals surface area (Å²) in [7, 11) is 1.69. The highest BCUT2D eigenvalue weighted by Crippen LogP contribution is 2.28. The molecule has 5 heteroatoms. The molecule has 2 N–H and O–H groups in total. The summed E-state index contributed by atoms with van der Waals surface area (Å²) >= 11 is 0. The standard InChI is InChI=1S/C21H31N3O2/c1-3-24(15-7-10-17-8-5-4-6-9-17)21(26)23-16-18-11-13-19(14-12-18)20(25)22-2/h4-10,18-19H,3,11-16H2,1-2H3,(H,22,25)(H,23,26)/b10-7+. The molecule has 0 radical (unpaired) electrons. The highest BCUT2D eigenvalue weighted by molar-refractivity contribution is 5.78. The molecule has 1 fully saturated rings. The number of carbonyl (C=O) groups excluding carboxylic acids is 2. The lowest BCUT2D eigenvalue weighted by molar-refractivity contribution is -0.125. The van der Waals surface area contributed by atoms with Crippen LogP contribution in [0.15, 0.2) is 36.4 Å². The molecule has 0 aromatic heterocycles. The van der Waals surface area contributed by atoms with Gasteiger partial charge in [0.25, 0.3) is 0 Å². The van der Waals surface area contributed by atoms with Crippen molar-refractivity contribution >= 4 is 18.0 Å². The summed E-state index contributed by atoms with van der Waals surface area (Å²) in [4.78, 5) is 25.9. The van der Waals surface area contributed by atoms with E-state index in [-0.39, 0.29) is 17.9 Å². The Balaban J connectivity index is 1.72. The fourth-order valence-corrected chi connectivity index (χ4v) is 3.41. The molecule has 1 saturated carbocycles. The van der Waals surface area contributed by atoms with E-state index in [1.807, 2.05) is 49.4 Å². The van der Waals surface area contributed by atoms with Gasteiger partial charge in [0.2, 0.25) is 5.91 Å². The molecule has 3 amide bonds. The van der Waals surface area contributed by atoms with Gasteiger partial charge >= 0.3 is 6.03 Å². The van der Waals surface area contributed by atoms with Gasteiger partial charge in [0.1, 0.15) is 0 Å². The predicted octanol–water partition coefficient (Wildman–Crippen LogP) is 3.28. The quantitative estimate of drug-likeness (QED) is 0.787. The first-order valence-electron chi connectivity index (χ1n) is 9.60. The van der Waals surface area contributed by atoms with Crippen molar-refractivity contribution in [2.75, 3.05) is 26.7 Å². The van der Waals surface area contributed by atoms with E-state index >= 15 is 0 Å². The van der Waals surface area contributed by atoms with Crippen LogP contribution in [0, 0.1) is 11.8 Å². The Labute approximate surface area is 156 Å². The van der Waals surface area contributed by atoms with E-state index < -0.39 is 0 Å². The molecule has 0 unspecified atom stereocenters. The molecule has 1 aliphatic rings. The number of hydrogen-bond donors (Lipinski definition) is 2. The maximum Gasteiger partial charge on any atom is 0.317 e. The monoisotopic (exact) mass is 357 g/mol. The molecule has 1 aromatic rings. The molecule has 0 aliphatic heterocycles. The number of likely N-dealkylation sites (N-methyl/N-ethyl adjacent to an activating group) is 1. The van der Waals surface area contributed by atoms with Gasteiger partial charge in [0.05, 0.1) is 0 Å². The normalized spacial score (nSPS) is 19.9. The van der Waals surface area contributed by atoms with Crippen LogP contribution in [0.5, 0.6) is 0 Å². The first kappa shape index (κ1) is 20.0. The third kappa shape index (κ3) is 6.21. The van der Waals surface area contributed by atoms with Gasteiger partial charge in [-0.1, -0.05) is 42.5 Å². The fourth-order valence-electron chi connectivity index (χ4n) is 3.41. The summed E-state index contributed by atoms with van der Waals surface area (Å²) in [5, 5.41) is 5.79. The lowest BCUT2D eigenvalue weighted by Crippen LogP contribution is -2.42. The molecule has 1 aromatic carbocycles. The van der Waals surface area contributed by atoms with Crippen molar-refractivity contribution in [3.05, 3.63) is 42.0 Å². The number of amides is 3. The van der Waals surface area contributed by atoms with E-state index in [2.05, 4.69) is 10.6 Å². The molecule has 5 nitrogen and oxygen atoms in total. The molecular formula is C21H31N3O2. The van der Waals surface area contributed by atoms with Gasteiger partial charge in [0.15, 0.2) is 0 Å². The molecule has 26 heavy (non-hydrogen) atoms. The van der Waals surface area contributed by atoms with Gasteiger partial charge in [-0.05, 0) is 44.1 Å². The second-order valence-corrected chi connectivity index (χ2v) is 6.87. The van der Waals surface area contributed by atoms with Crippen LogP contribution in [-0.4, -0.2) is 43.5 Å². The molecule has 0 bridgehead atoms. The molecule has 1 aliphatic carbocycles. The Morgan fingerprint density at radius 1 is 1.15 bits per heavy atom. The molecule has 0 heterocycles. The smallest absolute Gasteiger partial charge is 0.317 e. The van der Waals surface area contributed by atoms with Gasteiger partial charge < -0.3 is 15.5 Å². The van der Waals surface area contributed by atoms with Crippen LogP contribution in [0.1, 0.15) is 38.2 Å². The average Bonchev–Trinajstić information content (AvgIpc) is 2.70. The van der Waals surface area contributed by atoms with Crippen molar-refractivity contribution < 1.29 is 9.59 Å². The van der Waals surface area contributed by atoms with Crippen LogP contribution < -0.4 is 10.6 Å². The Bertz CT molecular complexity index is 593. The van der Waals surface area contributed by atoms with Crippen LogP contribution in [0.2, 0.25) is 0 Å². The van der Waals surface area contributed by atoms with Crippen LogP contribution in [0.4, 0.5) is 4.79 Å². The van der Waals surface area contributed by atoms with Gasteiger partial charge in [-0.3, -0.25) is 4.79 Å². The SMILES string of the molecule is CCN(C/C=C/c1ccccc1)C(=O)NCC1CCC(C(=O)NC)CC1. The molecule has 0 spiro atoms. The van der Waals surface area contributed by atoms with E-state index in [1.165, 1.54) is 0 Å². The summed E-state index contributed by atoms with van der Waals surface area (Å²) < 4.78 is 0. The minimum atomic E-state index is -0.0152. The highest BCUT2D eigenvalue weighted by atomic mass is 16.2. The summed E-state index contributed by atoms with van der Waals surface area (Å²) in [6.45, 7) is 3.96. The summed E-state index contributed by atoms with van der Waals surface area (Å²) in [6, 6.07) is 10.1. The molecule has 142 valence electrons. The maximum absolute atomic E-state index is 12.4. The molecule has 2 rings (SSSR count).